The third-order valence-corrected chi connectivity index (χ3v) is 3.52. The van der Waals surface area contributed by atoms with Crippen molar-refractivity contribution in [3.05, 3.63) is 29.9 Å². The van der Waals surface area contributed by atoms with Gasteiger partial charge in [0.1, 0.15) is 5.76 Å². The van der Waals surface area contributed by atoms with E-state index in [0.717, 1.165) is 13.0 Å². The standard InChI is InChI=1S/C14H17N3O3.2ClH/c1-9-11(7-13(18)17-5-4-10(15)8-17)16-14(20-9)12-3-2-6-19-12;;/h2-3,6,10H,4-5,7-8,15H2,1H3;2*1H/t10-;;/m1../s1. The molecule has 0 unspecified atom stereocenters. The lowest BCUT2D eigenvalue weighted by Gasteiger charge is -2.14. The number of aryl methyl sites for hydroxylation is 1. The molecule has 6 nitrogen and oxygen atoms in total. The van der Waals surface area contributed by atoms with E-state index in [1.165, 1.54) is 0 Å². The van der Waals surface area contributed by atoms with Crippen molar-refractivity contribution in [1.29, 1.82) is 0 Å². The van der Waals surface area contributed by atoms with Gasteiger partial charge in [-0.15, -0.1) is 24.8 Å². The van der Waals surface area contributed by atoms with Crippen molar-refractivity contribution in [2.24, 2.45) is 5.73 Å². The van der Waals surface area contributed by atoms with E-state index >= 15 is 0 Å². The fourth-order valence-corrected chi connectivity index (χ4v) is 2.37. The molecule has 122 valence electrons. The van der Waals surface area contributed by atoms with Crippen LogP contribution in [0.5, 0.6) is 0 Å². The van der Waals surface area contributed by atoms with Crippen molar-refractivity contribution < 1.29 is 13.6 Å². The van der Waals surface area contributed by atoms with Gasteiger partial charge in [-0.05, 0) is 25.5 Å². The van der Waals surface area contributed by atoms with Gasteiger partial charge < -0.3 is 19.5 Å². The summed E-state index contributed by atoms with van der Waals surface area (Å²) in [6.07, 6.45) is 2.66. The maximum atomic E-state index is 12.2. The van der Waals surface area contributed by atoms with Crippen molar-refractivity contribution in [2.75, 3.05) is 13.1 Å². The molecule has 0 aliphatic carbocycles. The molecule has 1 amide bonds. The highest BCUT2D eigenvalue weighted by Crippen LogP contribution is 2.22. The number of nitrogens with zero attached hydrogens (tertiary/aromatic N) is 2. The Bertz CT molecular complexity index is 613. The summed E-state index contributed by atoms with van der Waals surface area (Å²) >= 11 is 0. The molecule has 0 radical (unpaired) electrons. The predicted molar refractivity (Wildman–Crippen MR) is 86.3 cm³/mol. The molecular formula is C14H19Cl2N3O3. The van der Waals surface area contributed by atoms with Gasteiger partial charge in [0.05, 0.1) is 18.4 Å². The number of aromatic nitrogens is 1. The molecule has 2 N–H and O–H groups in total. The highest BCUT2D eigenvalue weighted by Gasteiger charge is 2.25. The molecule has 1 aliphatic heterocycles. The number of hydrogen-bond donors (Lipinski definition) is 1. The smallest absolute Gasteiger partial charge is 0.263 e. The highest BCUT2D eigenvalue weighted by molar-refractivity contribution is 5.85. The number of nitrogens with two attached hydrogens (primary N) is 1. The summed E-state index contributed by atoms with van der Waals surface area (Å²) in [5.41, 5.74) is 6.47. The first-order valence-electron chi connectivity index (χ1n) is 6.67. The van der Waals surface area contributed by atoms with E-state index in [2.05, 4.69) is 4.98 Å². The van der Waals surface area contributed by atoms with Gasteiger partial charge in [-0.1, -0.05) is 0 Å². The van der Waals surface area contributed by atoms with Crippen molar-refractivity contribution in [2.45, 2.75) is 25.8 Å². The Kier molecular flexibility index (Phi) is 6.47. The average molecular weight is 348 g/mol. The van der Waals surface area contributed by atoms with Crippen LogP contribution in [0.2, 0.25) is 0 Å². The summed E-state index contributed by atoms with van der Waals surface area (Å²) in [4.78, 5) is 18.3. The summed E-state index contributed by atoms with van der Waals surface area (Å²) in [5.74, 6) is 1.66. The molecule has 22 heavy (non-hydrogen) atoms. The van der Waals surface area contributed by atoms with Gasteiger partial charge in [-0.3, -0.25) is 4.79 Å². The van der Waals surface area contributed by atoms with Crippen LogP contribution in [0.1, 0.15) is 17.9 Å². The Morgan fingerprint density at radius 2 is 2.27 bits per heavy atom. The number of likely N-dealkylation sites (tertiary alicyclic amines) is 1. The van der Waals surface area contributed by atoms with Crippen LogP contribution in [0.3, 0.4) is 0 Å². The molecule has 0 saturated carbocycles. The van der Waals surface area contributed by atoms with Crippen LogP contribution < -0.4 is 5.73 Å². The molecule has 0 aromatic carbocycles. The van der Waals surface area contributed by atoms with Crippen molar-refractivity contribution in [3.63, 3.8) is 0 Å². The fraction of sp³-hybridized carbons (Fsp3) is 0.429. The molecule has 2 aromatic heterocycles. The first-order chi connectivity index (χ1) is 9.63. The van der Waals surface area contributed by atoms with Crippen LogP contribution >= 0.6 is 24.8 Å². The Hall–Kier alpha value is -1.50. The first-order valence-corrected chi connectivity index (χ1v) is 6.67. The molecule has 3 rings (SSSR count). The van der Waals surface area contributed by atoms with E-state index in [1.54, 1.807) is 30.2 Å². The Balaban J connectivity index is 0.00000121. The first kappa shape index (κ1) is 18.5. The number of oxazole rings is 1. The van der Waals surface area contributed by atoms with Crippen LogP contribution in [0.25, 0.3) is 11.7 Å². The summed E-state index contributed by atoms with van der Waals surface area (Å²) in [6.45, 7) is 3.15. The van der Waals surface area contributed by atoms with Crippen molar-refractivity contribution in [1.82, 2.24) is 9.88 Å². The lowest BCUT2D eigenvalue weighted by atomic mass is 10.2. The quantitative estimate of drug-likeness (QED) is 0.919. The molecule has 0 bridgehead atoms. The Labute approximate surface area is 140 Å². The molecule has 8 heteroatoms. The Morgan fingerprint density at radius 1 is 1.50 bits per heavy atom. The number of rotatable bonds is 3. The van der Waals surface area contributed by atoms with E-state index in [1.807, 2.05) is 0 Å². The second kappa shape index (κ2) is 7.67. The summed E-state index contributed by atoms with van der Waals surface area (Å²) < 4.78 is 10.8. The van der Waals surface area contributed by atoms with Crippen molar-refractivity contribution in [3.8, 4) is 11.7 Å². The number of hydrogen-bond acceptors (Lipinski definition) is 5. The SMILES string of the molecule is Cc1oc(-c2ccco2)nc1CC(=O)N1CC[C@@H](N)C1.Cl.Cl. The molecule has 1 aliphatic rings. The highest BCUT2D eigenvalue weighted by atomic mass is 35.5. The number of carbonyl (C=O) groups is 1. The normalized spacial score (nSPS) is 17.0. The van der Waals surface area contributed by atoms with E-state index in [0.29, 0.717) is 29.6 Å². The van der Waals surface area contributed by atoms with Gasteiger partial charge >= 0.3 is 0 Å². The van der Waals surface area contributed by atoms with E-state index < -0.39 is 0 Å². The lowest BCUT2D eigenvalue weighted by Crippen LogP contribution is -2.33. The number of halogens is 2. The Morgan fingerprint density at radius 3 is 2.86 bits per heavy atom. The molecular weight excluding hydrogens is 329 g/mol. The minimum Gasteiger partial charge on any atom is -0.459 e. The van der Waals surface area contributed by atoms with Crippen molar-refractivity contribution >= 4 is 30.7 Å². The van der Waals surface area contributed by atoms with Gasteiger partial charge in [-0.2, -0.15) is 0 Å². The maximum absolute atomic E-state index is 12.2. The average Bonchev–Trinajstić information content (AvgIpc) is 3.11. The largest absolute Gasteiger partial charge is 0.459 e. The van der Waals surface area contributed by atoms with Crippen LogP contribution in [0, 0.1) is 6.92 Å². The monoisotopic (exact) mass is 347 g/mol. The van der Waals surface area contributed by atoms with Gasteiger partial charge in [-0.25, -0.2) is 4.98 Å². The number of furan rings is 1. The molecule has 2 aromatic rings. The van der Waals surface area contributed by atoms with Gasteiger partial charge in [0, 0.05) is 19.1 Å². The van der Waals surface area contributed by atoms with E-state index in [4.69, 9.17) is 14.6 Å². The number of amides is 1. The predicted octanol–water partition coefficient (Wildman–Crippen LogP) is 2.19. The number of carbonyl (C=O) groups excluding carboxylic acids is 1. The van der Waals surface area contributed by atoms with Crippen LogP contribution in [-0.4, -0.2) is 34.9 Å². The molecule has 1 fully saturated rings. The van der Waals surface area contributed by atoms with Gasteiger partial charge in [0.2, 0.25) is 5.91 Å². The topological polar surface area (TPSA) is 85.5 Å². The lowest BCUT2D eigenvalue weighted by molar-refractivity contribution is -0.129. The minimum atomic E-state index is 0. The molecule has 1 atom stereocenters. The fourth-order valence-electron chi connectivity index (χ4n) is 2.37. The minimum absolute atomic E-state index is 0. The van der Waals surface area contributed by atoms with Crippen LogP contribution in [-0.2, 0) is 11.2 Å². The molecule has 3 heterocycles. The van der Waals surface area contributed by atoms with E-state index in [9.17, 15) is 4.79 Å². The van der Waals surface area contributed by atoms with Crippen LogP contribution in [0.15, 0.2) is 27.2 Å². The molecule has 0 spiro atoms. The second-order valence-electron chi connectivity index (χ2n) is 5.06. The zero-order valence-corrected chi connectivity index (χ0v) is 13.8. The van der Waals surface area contributed by atoms with Gasteiger partial charge in [0.25, 0.3) is 5.89 Å². The zero-order chi connectivity index (χ0) is 14.1. The maximum Gasteiger partial charge on any atom is 0.263 e. The van der Waals surface area contributed by atoms with Crippen LogP contribution in [0.4, 0.5) is 0 Å². The summed E-state index contributed by atoms with van der Waals surface area (Å²) in [5, 5.41) is 0. The molecule has 1 saturated heterocycles. The van der Waals surface area contributed by atoms with Gasteiger partial charge in [0.15, 0.2) is 5.76 Å². The third-order valence-electron chi connectivity index (χ3n) is 3.52. The third kappa shape index (κ3) is 3.82. The van der Waals surface area contributed by atoms with E-state index in [-0.39, 0.29) is 43.2 Å². The summed E-state index contributed by atoms with van der Waals surface area (Å²) in [6, 6.07) is 3.64. The zero-order valence-electron chi connectivity index (χ0n) is 12.2. The second-order valence-corrected chi connectivity index (χ2v) is 5.06. The summed E-state index contributed by atoms with van der Waals surface area (Å²) in [7, 11) is 0.